The normalized spacial score (nSPS) is 30.4. The third-order valence-corrected chi connectivity index (χ3v) is 5.34. The fourth-order valence-corrected chi connectivity index (χ4v) is 3.66. The van der Waals surface area contributed by atoms with Gasteiger partial charge in [0, 0.05) is 12.1 Å². The van der Waals surface area contributed by atoms with Gasteiger partial charge in [-0.2, -0.15) is 0 Å². The molecule has 10 heteroatoms. The molecular formula is C21H22O10. The van der Waals surface area contributed by atoms with Crippen LogP contribution in [0.1, 0.15) is 28.4 Å². The van der Waals surface area contributed by atoms with E-state index in [-0.39, 0.29) is 35.0 Å². The first-order chi connectivity index (χ1) is 14.8. The van der Waals surface area contributed by atoms with Crippen molar-refractivity contribution in [3.8, 4) is 23.0 Å². The smallest absolute Gasteiger partial charge is 0.229 e. The molecule has 0 amide bonds. The lowest BCUT2D eigenvalue weighted by atomic mass is 9.95. The van der Waals surface area contributed by atoms with E-state index in [2.05, 4.69) is 0 Å². The largest absolute Gasteiger partial charge is 0.508 e. The summed E-state index contributed by atoms with van der Waals surface area (Å²) in [5.74, 6) is -0.657. The Kier molecular flexibility index (Phi) is 5.73. The van der Waals surface area contributed by atoms with Crippen molar-refractivity contribution in [3.63, 3.8) is 0 Å². The number of ketones is 1. The van der Waals surface area contributed by atoms with Crippen molar-refractivity contribution < 1.29 is 49.6 Å². The lowest BCUT2D eigenvalue weighted by molar-refractivity contribution is -0.277. The molecule has 2 heterocycles. The van der Waals surface area contributed by atoms with E-state index >= 15 is 0 Å². The van der Waals surface area contributed by atoms with Crippen molar-refractivity contribution in [2.45, 2.75) is 43.2 Å². The van der Waals surface area contributed by atoms with E-state index < -0.39 is 49.2 Å². The number of hydrogen-bond acceptors (Lipinski definition) is 10. The lowest BCUT2D eigenvalue weighted by Crippen LogP contribution is -2.60. The second-order valence-electron chi connectivity index (χ2n) is 7.46. The number of Topliss-reactive ketones (excluding diaryl/α,β-unsaturated/α-hetero) is 1. The first-order valence-electron chi connectivity index (χ1n) is 9.61. The van der Waals surface area contributed by atoms with Crippen molar-refractivity contribution in [1.82, 2.24) is 0 Å². The van der Waals surface area contributed by atoms with Crippen LogP contribution in [0.5, 0.6) is 23.0 Å². The number of phenols is 2. The van der Waals surface area contributed by atoms with Crippen molar-refractivity contribution >= 4 is 5.78 Å². The van der Waals surface area contributed by atoms with E-state index in [0.29, 0.717) is 5.56 Å². The minimum Gasteiger partial charge on any atom is -0.508 e. The second-order valence-corrected chi connectivity index (χ2v) is 7.46. The number of hydrogen-bond donors (Lipinski definition) is 6. The minimum atomic E-state index is -1.64. The van der Waals surface area contributed by atoms with Crippen LogP contribution in [0.3, 0.4) is 0 Å². The zero-order chi connectivity index (χ0) is 22.3. The van der Waals surface area contributed by atoms with E-state index in [1.165, 1.54) is 18.2 Å². The molecule has 0 aliphatic carbocycles. The van der Waals surface area contributed by atoms with Gasteiger partial charge in [-0.15, -0.1) is 0 Å². The number of rotatable bonds is 4. The molecule has 6 N–H and O–H groups in total. The molecule has 0 spiro atoms. The summed E-state index contributed by atoms with van der Waals surface area (Å²) in [7, 11) is 0. The van der Waals surface area contributed by atoms with Crippen LogP contribution < -0.4 is 9.47 Å². The summed E-state index contributed by atoms with van der Waals surface area (Å²) in [5.41, 5.74) is 0.632. The number of fused-ring (bicyclic) bond motifs is 1. The molecule has 0 unspecified atom stereocenters. The van der Waals surface area contributed by atoms with Crippen LogP contribution in [-0.2, 0) is 4.74 Å². The molecule has 0 aromatic heterocycles. The third kappa shape index (κ3) is 4.03. The van der Waals surface area contributed by atoms with E-state index in [0.717, 1.165) is 6.07 Å². The maximum Gasteiger partial charge on any atom is 0.229 e. The van der Waals surface area contributed by atoms with Gasteiger partial charge in [-0.1, -0.05) is 12.1 Å². The van der Waals surface area contributed by atoms with Gasteiger partial charge < -0.3 is 44.8 Å². The zero-order valence-corrected chi connectivity index (χ0v) is 16.2. The van der Waals surface area contributed by atoms with Crippen LogP contribution in [0, 0.1) is 0 Å². The second kappa shape index (κ2) is 8.33. The highest BCUT2D eigenvalue weighted by Gasteiger charge is 2.45. The SMILES string of the molecule is O=C1C[C@H](c2ccc(O)cc2)Oc2cc(O[C@H]3O[C@@H](CO)[C@@H](O)[C@@H](O)[C@@H]3O)cc(O)c21. The maximum atomic E-state index is 12.6. The quantitative estimate of drug-likeness (QED) is 0.385. The molecule has 0 saturated carbocycles. The summed E-state index contributed by atoms with van der Waals surface area (Å²) in [4.78, 5) is 12.6. The Hall–Kier alpha value is -2.89. The van der Waals surface area contributed by atoms with Gasteiger partial charge in [0.05, 0.1) is 13.0 Å². The molecule has 6 atom stereocenters. The Morgan fingerprint density at radius 2 is 1.71 bits per heavy atom. The Labute approximate surface area is 176 Å². The van der Waals surface area contributed by atoms with Crippen molar-refractivity contribution in [2.24, 2.45) is 0 Å². The molecule has 2 aromatic carbocycles. The zero-order valence-electron chi connectivity index (χ0n) is 16.2. The van der Waals surface area contributed by atoms with Gasteiger partial charge in [-0.25, -0.2) is 0 Å². The molecule has 31 heavy (non-hydrogen) atoms. The molecule has 0 bridgehead atoms. The van der Waals surface area contributed by atoms with E-state index in [4.69, 9.17) is 14.2 Å². The third-order valence-electron chi connectivity index (χ3n) is 5.34. The van der Waals surface area contributed by atoms with Crippen LogP contribution in [0.25, 0.3) is 0 Å². The lowest BCUT2D eigenvalue weighted by Gasteiger charge is -2.39. The van der Waals surface area contributed by atoms with Gasteiger partial charge in [0.15, 0.2) is 5.78 Å². The van der Waals surface area contributed by atoms with Gasteiger partial charge in [0.2, 0.25) is 6.29 Å². The predicted molar refractivity (Wildman–Crippen MR) is 103 cm³/mol. The number of phenolic OH excluding ortho intramolecular Hbond substituents is 2. The highest BCUT2D eigenvalue weighted by atomic mass is 16.7. The Morgan fingerprint density at radius 3 is 2.39 bits per heavy atom. The number of aromatic hydroxyl groups is 2. The summed E-state index contributed by atoms with van der Waals surface area (Å²) in [6, 6.07) is 8.64. The number of carbonyl (C=O) groups is 1. The Morgan fingerprint density at radius 1 is 1.00 bits per heavy atom. The molecule has 166 valence electrons. The number of aliphatic hydroxyl groups is 4. The first-order valence-corrected chi connectivity index (χ1v) is 9.61. The summed E-state index contributed by atoms with van der Waals surface area (Å²) < 4.78 is 16.7. The average Bonchev–Trinajstić information content (AvgIpc) is 2.74. The van der Waals surface area contributed by atoms with Gasteiger partial charge in [0.1, 0.15) is 59.1 Å². The molecule has 2 aromatic rings. The predicted octanol–water partition coefficient (Wildman–Crippen LogP) is -0.0170. The van der Waals surface area contributed by atoms with Crippen LogP contribution in [0.2, 0.25) is 0 Å². The fourth-order valence-electron chi connectivity index (χ4n) is 3.66. The van der Waals surface area contributed by atoms with Crippen LogP contribution in [0.4, 0.5) is 0 Å². The highest BCUT2D eigenvalue weighted by Crippen LogP contribution is 2.42. The summed E-state index contributed by atoms with van der Waals surface area (Å²) in [5, 5.41) is 59.0. The fraction of sp³-hybridized carbons (Fsp3) is 0.381. The monoisotopic (exact) mass is 434 g/mol. The molecule has 2 aliphatic rings. The van der Waals surface area contributed by atoms with Crippen LogP contribution in [-0.4, -0.2) is 73.7 Å². The Bertz CT molecular complexity index is 957. The first kappa shape index (κ1) is 21.3. The van der Waals surface area contributed by atoms with Gasteiger partial charge >= 0.3 is 0 Å². The topological polar surface area (TPSA) is 166 Å². The van der Waals surface area contributed by atoms with Gasteiger partial charge in [0.25, 0.3) is 0 Å². The number of benzene rings is 2. The van der Waals surface area contributed by atoms with Crippen molar-refractivity contribution in [1.29, 1.82) is 0 Å². The van der Waals surface area contributed by atoms with E-state index in [1.54, 1.807) is 12.1 Å². The summed E-state index contributed by atoms with van der Waals surface area (Å²) in [6.45, 7) is -0.619. The molecular weight excluding hydrogens is 412 g/mol. The van der Waals surface area contributed by atoms with Gasteiger partial charge in [-0.3, -0.25) is 4.79 Å². The molecule has 10 nitrogen and oxygen atoms in total. The molecule has 4 rings (SSSR count). The summed E-state index contributed by atoms with van der Waals surface area (Å²) in [6.07, 6.45) is -8.09. The van der Waals surface area contributed by atoms with Gasteiger partial charge in [-0.05, 0) is 17.7 Å². The van der Waals surface area contributed by atoms with Crippen LogP contribution in [0.15, 0.2) is 36.4 Å². The molecule has 0 radical (unpaired) electrons. The van der Waals surface area contributed by atoms with Crippen molar-refractivity contribution in [2.75, 3.05) is 6.61 Å². The standard InChI is InChI=1S/C21H22O10/c22-8-16-18(26)19(27)20(28)21(31-16)29-11-5-12(24)17-13(25)7-14(30-15(17)6-11)9-1-3-10(23)4-2-9/h1-6,14,16,18-24,26-28H,7-8H2/t14-,16+,18-,19-,20+,21+/m1/s1. The number of carbonyl (C=O) groups excluding carboxylic acids is 1. The molecule has 1 saturated heterocycles. The molecule has 1 fully saturated rings. The minimum absolute atomic E-state index is 0.0156. The Balaban J connectivity index is 1.59. The number of aliphatic hydroxyl groups excluding tert-OH is 4. The molecule has 2 aliphatic heterocycles. The average molecular weight is 434 g/mol. The van der Waals surface area contributed by atoms with Crippen molar-refractivity contribution in [3.05, 3.63) is 47.5 Å². The highest BCUT2D eigenvalue weighted by molar-refractivity contribution is 6.02. The number of ether oxygens (including phenoxy) is 3. The summed E-state index contributed by atoms with van der Waals surface area (Å²) >= 11 is 0. The van der Waals surface area contributed by atoms with Crippen LogP contribution >= 0.6 is 0 Å². The van der Waals surface area contributed by atoms with E-state index in [9.17, 15) is 35.4 Å². The van der Waals surface area contributed by atoms with E-state index in [1.807, 2.05) is 0 Å². The maximum absolute atomic E-state index is 12.6.